The normalized spacial score (nSPS) is 14.7. The molecule has 0 spiro atoms. The monoisotopic (exact) mass is 401 g/mol. The number of rotatable bonds is 4. The third-order valence-corrected chi connectivity index (χ3v) is 4.86. The summed E-state index contributed by atoms with van der Waals surface area (Å²) in [6.45, 7) is 3.89. The van der Waals surface area contributed by atoms with Gasteiger partial charge in [0, 0.05) is 42.6 Å². The Morgan fingerprint density at radius 1 is 1.11 bits per heavy atom. The van der Waals surface area contributed by atoms with Crippen LogP contribution in [0.3, 0.4) is 0 Å². The van der Waals surface area contributed by atoms with Crippen LogP contribution in [0.4, 0.5) is 16.2 Å². The van der Waals surface area contributed by atoms with Gasteiger partial charge in [-0.15, -0.1) is 0 Å². The standard InChI is InChI=1S/C20H24ClN5O2/c1-28-20(27)24-17-6-2-15(3-7-17)14-23-19(22)26-12-10-25(11-13-26)18-8-4-16(21)5-9-18/h2-9H,10-14H2,1H3,(H2,22,23)(H,24,27). The van der Waals surface area contributed by atoms with E-state index in [-0.39, 0.29) is 0 Å². The van der Waals surface area contributed by atoms with E-state index >= 15 is 0 Å². The van der Waals surface area contributed by atoms with E-state index in [1.807, 2.05) is 48.5 Å². The fraction of sp³-hybridized carbons (Fsp3) is 0.300. The fourth-order valence-electron chi connectivity index (χ4n) is 2.98. The van der Waals surface area contributed by atoms with Crippen LogP contribution in [-0.4, -0.2) is 50.2 Å². The number of piperazine rings is 1. The molecule has 2 aromatic carbocycles. The van der Waals surface area contributed by atoms with Crippen molar-refractivity contribution >= 4 is 35.0 Å². The minimum atomic E-state index is -0.493. The summed E-state index contributed by atoms with van der Waals surface area (Å²) in [6.07, 6.45) is -0.493. The minimum Gasteiger partial charge on any atom is -0.453 e. The number of benzene rings is 2. The second-order valence-corrected chi connectivity index (χ2v) is 6.87. The second kappa shape index (κ2) is 9.32. The molecule has 0 saturated carbocycles. The quantitative estimate of drug-likeness (QED) is 0.607. The molecule has 0 unspecified atom stereocenters. The molecule has 1 aliphatic rings. The first-order valence-corrected chi connectivity index (χ1v) is 9.42. The average molecular weight is 402 g/mol. The van der Waals surface area contributed by atoms with Crippen LogP contribution in [0.1, 0.15) is 5.56 Å². The molecular weight excluding hydrogens is 378 g/mol. The Balaban J connectivity index is 1.50. The predicted octanol–water partition coefficient (Wildman–Crippen LogP) is 3.16. The van der Waals surface area contributed by atoms with Gasteiger partial charge in [-0.05, 0) is 42.0 Å². The molecular formula is C20H24ClN5O2. The van der Waals surface area contributed by atoms with Crippen LogP contribution in [0.2, 0.25) is 5.02 Å². The smallest absolute Gasteiger partial charge is 0.411 e. The lowest BCUT2D eigenvalue weighted by molar-refractivity contribution is 0.187. The summed E-state index contributed by atoms with van der Waals surface area (Å²) in [5, 5.41) is 3.36. The van der Waals surface area contributed by atoms with E-state index in [2.05, 4.69) is 24.8 Å². The van der Waals surface area contributed by atoms with Gasteiger partial charge in [0.15, 0.2) is 5.96 Å². The van der Waals surface area contributed by atoms with Crippen molar-refractivity contribution in [1.29, 1.82) is 0 Å². The molecule has 3 N–H and O–H groups in total. The van der Waals surface area contributed by atoms with Gasteiger partial charge in [0.2, 0.25) is 0 Å². The van der Waals surface area contributed by atoms with E-state index in [0.29, 0.717) is 18.2 Å². The third-order valence-electron chi connectivity index (χ3n) is 4.60. The van der Waals surface area contributed by atoms with Gasteiger partial charge >= 0.3 is 6.09 Å². The number of hydrogen-bond acceptors (Lipinski definition) is 4. The Hall–Kier alpha value is -2.93. The van der Waals surface area contributed by atoms with Crippen molar-refractivity contribution in [3.8, 4) is 0 Å². The number of carbonyl (C=O) groups is 1. The molecule has 1 fully saturated rings. The number of anilines is 2. The second-order valence-electron chi connectivity index (χ2n) is 6.44. The first-order valence-electron chi connectivity index (χ1n) is 9.04. The topological polar surface area (TPSA) is 83.2 Å². The molecule has 0 bridgehead atoms. The molecule has 1 amide bonds. The van der Waals surface area contributed by atoms with Crippen LogP contribution in [0.5, 0.6) is 0 Å². The van der Waals surface area contributed by atoms with E-state index in [1.54, 1.807) is 0 Å². The Bertz CT molecular complexity index is 815. The number of nitrogens with two attached hydrogens (primary N) is 1. The minimum absolute atomic E-state index is 0.488. The maximum absolute atomic E-state index is 11.2. The first kappa shape index (κ1) is 19.8. The van der Waals surface area contributed by atoms with Crippen LogP contribution >= 0.6 is 11.6 Å². The average Bonchev–Trinajstić information content (AvgIpc) is 2.73. The lowest BCUT2D eigenvalue weighted by Gasteiger charge is -2.36. The molecule has 1 saturated heterocycles. The van der Waals surface area contributed by atoms with Crippen LogP contribution < -0.4 is 16.0 Å². The third kappa shape index (κ3) is 5.29. The predicted molar refractivity (Wildman–Crippen MR) is 113 cm³/mol. The van der Waals surface area contributed by atoms with Gasteiger partial charge in [-0.2, -0.15) is 0 Å². The maximum Gasteiger partial charge on any atom is 0.411 e. The highest BCUT2D eigenvalue weighted by molar-refractivity contribution is 6.30. The molecule has 28 heavy (non-hydrogen) atoms. The van der Waals surface area contributed by atoms with Gasteiger partial charge < -0.3 is 20.3 Å². The summed E-state index contributed by atoms with van der Waals surface area (Å²) in [4.78, 5) is 20.1. The molecule has 0 radical (unpaired) electrons. The number of halogens is 1. The molecule has 2 aromatic rings. The highest BCUT2D eigenvalue weighted by Crippen LogP contribution is 2.19. The van der Waals surface area contributed by atoms with Crippen molar-refractivity contribution in [2.75, 3.05) is 43.5 Å². The van der Waals surface area contributed by atoms with Crippen molar-refractivity contribution in [3.63, 3.8) is 0 Å². The number of amides is 1. The lowest BCUT2D eigenvalue weighted by Crippen LogP contribution is -2.51. The summed E-state index contributed by atoms with van der Waals surface area (Å²) in [5.41, 5.74) is 9.03. The van der Waals surface area contributed by atoms with E-state index in [9.17, 15) is 4.79 Å². The Kier molecular flexibility index (Phi) is 6.60. The van der Waals surface area contributed by atoms with Crippen molar-refractivity contribution in [1.82, 2.24) is 4.90 Å². The van der Waals surface area contributed by atoms with Crippen molar-refractivity contribution < 1.29 is 9.53 Å². The Morgan fingerprint density at radius 3 is 2.36 bits per heavy atom. The fourth-order valence-corrected chi connectivity index (χ4v) is 3.11. The van der Waals surface area contributed by atoms with E-state index < -0.39 is 6.09 Å². The summed E-state index contributed by atoms with van der Waals surface area (Å²) >= 11 is 5.95. The zero-order chi connectivity index (χ0) is 19.9. The molecule has 1 heterocycles. The van der Waals surface area contributed by atoms with Crippen LogP contribution in [0.25, 0.3) is 0 Å². The molecule has 3 rings (SSSR count). The van der Waals surface area contributed by atoms with Crippen molar-refractivity contribution in [2.24, 2.45) is 10.7 Å². The molecule has 1 aliphatic heterocycles. The van der Waals surface area contributed by atoms with E-state index in [1.165, 1.54) is 12.8 Å². The van der Waals surface area contributed by atoms with E-state index in [4.69, 9.17) is 17.3 Å². The lowest BCUT2D eigenvalue weighted by atomic mass is 10.2. The van der Waals surface area contributed by atoms with Crippen molar-refractivity contribution in [2.45, 2.75) is 6.54 Å². The van der Waals surface area contributed by atoms with Gasteiger partial charge in [0.25, 0.3) is 0 Å². The zero-order valence-electron chi connectivity index (χ0n) is 15.8. The summed E-state index contributed by atoms with van der Waals surface area (Å²) < 4.78 is 4.57. The van der Waals surface area contributed by atoms with Gasteiger partial charge in [0.1, 0.15) is 0 Å². The molecule has 0 atom stereocenters. The Morgan fingerprint density at radius 2 is 1.75 bits per heavy atom. The molecule has 0 aromatic heterocycles. The highest BCUT2D eigenvalue weighted by atomic mass is 35.5. The number of carbonyl (C=O) groups excluding carboxylic acids is 1. The summed E-state index contributed by atoms with van der Waals surface area (Å²) in [7, 11) is 1.33. The first-order chi connectivity index (χ1) is 13.5. The van der Waals surface area contributed by atoms with Gasteiger partial charge in [-0.1, -0.05) is 23.7 Å². The Labute approximate surface area is 169 Å². The summed E-state index contributed by atoms with van der Waals surface area (Å²) in [5.74, 6) is 0.549. The number of aliphatic imine (C=N–C) groups is 1. The number of nitrogens with zero attached hydrogens (tertiary/aromatic N) is 3. The van der Waals surface area contributed by atoms with Crippen molar-refractivity contribution in [3.05, 3.63) is 59.1 Å². The van der Waals surface area contributed by atoms with E-state index in [0.717, 1.165) is 36.8 Å². The number of hydrogen-bond donors (Lipinski definition) is 2. The number of guanidine groups is 1. The largest absolute Gasteiger partial charge is 0.453 e. The maximum atomic E-state index is 11.2. The van der Waals surface area contributed by atoms with Gasteiger partial charge in [-0.25, -0.2) is 9.79 Å². The molecule has 0 aliphatic carbocycles. The highest BCUT2D eigenvalue weighted by Gasteiger charge is 2.18. The zero-order valence-corrected chi connectivity index (χ0v) is 16.5. The molecule has 7 nitrogen and oxygen atoms in total. The van der Waals surface area contributed by atoms with Crippen LogP contribution in [-0.2, 0) is 11.3 Å². The van der Waals surface area contributed by atoms with Crippen LogP contribution in [0, 0.1) is 0 Å². The van der Waals surface area contributed by atoms with Crippen LogP contribution in [0.15, 0.2) is 53.5 Å². The number of nitrogens with one attached hydrogen (secondary N) is 1. The molecule has 148 valence electrons. The van der Waals surface area contributed by atoms with Gasteiger partial charge in [0.05, 0.1) is 13.7 Å². The summed E-state index contributed by atoms with van der Waals surface area (Å²) in [6, 6.07) is 15.3. The molecule has 8 heteroatoms. The number of methoxy groups -OCH3 is 1. The van der Waals surface area contributed by atoms with Gasteiger partial charge in [-0.3, -0.25) is 5.32 Å². The number of ether oxygens (including phenoxy) is 1. The SMILES string of the molecule is COC(=O)Nc1ccc(CN=C(N)N2CCN(c3ccc(Cl)cc3)CC2)cc1.